The molecule has 2 nitrogen and oxygen atoms in total. The zero-order chi connectivity index (χ0) is 40.3. The monoisotopic (exact) mass is 780 g/mol. The van der Waals surface area contributed by atoms with Crippen molar-refractivity contribution in [3.63, 3.8) is 0 Å². The van der Waals surface area contributed by atoms with Crippen LogP contribution in [0.15, 0.2) is 241 Å². The molecule has 3 unspecified atom stereocenters. The number of hydrogen-bond acceptors (Lipinski definition) is 2. The van der Waals surface area contributed by atoms with E-state index in [2.05, 4.69) is 235 Å². The van der Waals surface area contributed by atoms with Crippen LogP contribution < -0.4 is 10.6 Å². The molecule has 8 aromatic carbocycles. The minimum absolute atomic E-state index is 0.120. The predicted molar refractivity (Wildman–Crippen MR) is 252 cm³/mol. The lowest BCUT2D eigenvalue weighted by Crippen LogP contribution is -2.45. The Morgan fingerprint density at radius 2 is 1.15 bits per heavy atom. The third-order valence-corrected chi connectivity index (χ3v) is 13.6. The molecule has 0 amide bonds. The van der Waals surface area contributed by atoms with Crippen LogP contribution in [0, 0.1) is 0 Å². The van der Waals surface area contributed by atoms with Crippen LogP contribution in [0.3, 0.4) is 0 Å². The SMILES string of the molecule is C1=CC2=C(NC(c3ccccc3)C=C2)C2NC(c3ccc(-c4ccc5c(c4)C(c4ccccc4)(c4ccccc4)c4cc6ccccc6c(-c6ccccc6)c4-5)cc3)CC=C12. The van der Waals surface area contributed by atoms with Gasteiger partial charge in [-0.3, -0.25) is 5.32 Å². The van der Waals surface area contributed by atoms with Crippen LogP contribution in [-0.4, -0.2) is 6.04 Å². The molecule has 0 radical (unpaired) electrons. The Bertz CT molecular complexity index is 3040. The Morgan fingerprint density at radius 1 is 0.492 bits per heavy atom. The Labute approximate surface area is 358 Å². The van der Waals surface area contributed by atoms with E-state index in [9.17, 15) is 0 Å². The molecule has 2 heterocycles. The summed E-state index contributed by atoms with van der Waals surface area (Å²) in [5, 5.41) is 10.5. The summed E-state index contributed by atoms with van der Waals surface area (Å²) in [5.74, 6) is 0. The first kappa shape index (κ1) is 35.7. The lowest BCUT2D eigenvalue weighted by molar-refractivity contribution is 0.459. The second-order valence-corrected chi connectivity index (χ2v) is 16.8. The largest absolute Gasteiger partial charge is 0.376 e. The Balaban J connectivity index is 0.960. The number of rotatable bonds is 6. The molecule has 12 rings (SSSR count). The quantitative estimate of drug-likeness (QED) is 0.176. The van der Waals surface area contributed by atoms with Crippen molar-refractivity contribution in [1.82, 2.24) is 10.6 Å². The van der Waals surface area contributed by atoms with Gasteiger partial charge in [0.2, 0.25) is 0 Å². The molecule has 0 saturated heterocycles. The van der Waals surface area contributed by atoms with E-state index in [-0.39, 0.29) is 18.1 Å². The van der Waals surface area contributed by atoms with Gasteiger partial charge in [-0.15, -0.1) is 0 Å². The topological polar surface area (TPSA) is 24.1 Å². The van der Waals surface area contributed by atoms with Crippen molar-refractivity contribution in [2.75, 3.05) is 0 Å². The first-order chi connectivity index (χ1) is 30.2. The van der Waals surface area contributed by atoms with Gasteiger partial charge >= 0.3 is 0 Å². The van der Waals surface area contributed by atoms with Crippen molar-refractivity contribution < 1.29 is 0 Å². The molecule has 0 saturated carbocycles. The summed E-state index contributed by atoms with van der Waals surface area (Å²) in [4.78, 5) is 0. The van der Waals surface area contributed by atoms with E-state index in [4.69, 9.17) is 0 Å². The summed E-state index contributed by atoms with van der Waals surface area (Å²) in [5.41, 5.74) is 18.7. The maximum Gasteiger partial charge on any atom is 0.0733 e. The second kappa shape index (κ2) is 14.5. The summed E-state index contributed by atoms with van der Waals surface area (Å²) in [7, 11) is 0. The van der Waals surface area contributed by atoms with Gasteiger partial charge in [-0.2, -0.15) is 0 Å². The van der Waals surface area contributed by atoms with Crippen LogP contribution in [0.1, 0.15) is 51.9 Å². The molecule has 8 aromatic rings. The second-order valence-electron chi connectivity index (χ2n) is 16.8. The third kappa shape index (κ3) is 5.74. The summed E-state index contributed by atoms with van der Waals surface area (Å²) in [6.07, 6.45) is 12.5. The average Bonchev–Trinajstić information content (AvgIpc) is 3.63. The third-order valence-electron chi connectivity index (χ3n) is 13.6. The molecule has 2 N–H and O–H groups in total. The molecular formula is C59H44N2. The maximum absolute atomic E-state index is 4.05. The molecule has 2 aliphatic carbocycles. The Kier molecular flexibility index (Phi) is 8.47. The standard InChI is InChI=1S/C59H44N2/c1-5-15-40(16-6-1)53-35-32-43-29-30-44-33-36-54(61-58(44)57(43)60-53)41-27-25-39(26-28-41)45-31-34-50-51(37-45)59(47-20-9-3-10-21-47,48-22-11-4-12-23-48)52-38-46-19-13-14-24-49(46)55(56(50)52)42-17-7-2-8-18-42/h1-35,37-38,53-54,58,60-61H,36H2. The summed E-state index contributed by atoms with van der Waals surface area (Å²) in [6, 6.07) is 72.5. The number of hydrogen-bond donors (Lipinski definition) is 2. The van der Waals surface area contributed by atoms with E-state index in [1.165, 1.54) is 94.4 Å². The van der Waals surface area contributed by atoms with E-state index in [0.717, 1.165) is 6.42 Å². The van der Waals surface area contributed by atoms with Crippen molar-refractivity contribution in [2.45, 2.75) is 30.0 Å². The fourth-order valence-electron chi connectivity index (χ4n) is 10.7. The van der Waals surface area contributed by atoms with Gasteiger partial charge in [-0.1, -0.05) is 212 Å². The van der Waals surface area contributed by atoms with Gasteiger partial charge in [0, 0.05) is 11.7 Å². The first-order valence-corrected chi connectivity index (χ1v) is 21.6. The molecule has 290 valence electrons. The maximum atomic E-state index is 4.05. The normalized spacial score (nSPS) is 19.3. The van der Waals surface area contributed by atoms with Gasteiger partial charge in [0.25, 0.3) is 0 Å². The molecule has 0 aromatic heterocycles. The molecule has 2 heteroatoms. The van der Waals surface area contributed by atoms with Crippen molar-refractivity contribution in [3.05, 3.63) is 275 Å². The predicted octanol–water partition coefficient (Wildman–Crippen LogP) is 13.6. The van der Waals surface area contributed by atoms with Crippen LogP contribution in [0.4, 0.5) is 0 Å². The van der Waals surface area contributed by atoms with Gasteiger partial charge in [-0.25, -0.2) is 0 Å². The van der Waals surface area contributed by atoms with Crippen molar-refractivity contribution in [1.29, 1.82) is 0 Å². The highest BCUT2D eigenvalue weighted by Gasteiger charge is 2.47. The molecule has 0 spiro atoms. The van der Waals surface area contributed by atoms with Gasteiger partial charge < -0.3 is 5.32 Å². The van der Waals surface area contributed by atoms with Crippen molar-refractivity contribution in [3.8, 4) is 33.4 Å². The molecule has 0 bridgehead atoms. The van der Waals surface area contributed by atoms with E-state index >= 15 is 0 Å². The van der Waals surface area contributed by atoms with Gasteiger partial charge in [0.1, 0.15) is 0 Å². The van der Waals surface area contributed by atoms with Gasteiger partial charge in [-0.05, 0) is 107 Å². The number of dihydropyridines is 1. The summed E-state index contributed by atoms with van der Waals surface area (Å²) in [6.45, 7) is 0. The molecule has 4 aliphatic rings. The highest BCUT2D eigenvalue weighted by atomic mass is 15.1. The Hall–Kier alpha value is -7.26. The van der Waals surface area contributed by atoms with E-state index < -0.39 is 5.41 Å². The van der Waals surface area contributed by atoms with Crippen LogP contribution >= 0.6 is 0 Å². The fraction of sp³-hybridized carbons (Fsp3) is 0.0847. The van der Waals surface area contributed by atoms with E-state index in [1.807, 2.05) is 0 Å². The highest BCUT2D eigenvalue weighted by molar-refractivity contribution is 6.09. The zero-order valence-corrected chi connectivity index (χ0v) is 33.8. The van der Waals surface area contributed by atoms with E-state index in [0.29, 0.717) is 0 Å². The van der Waals surface area contributed by atoms with Gasteiger partial charge in [0.15, 0.2) is 0 Å². The number of allylic oxidation sites excluding steroid dienone is 3. The van der Waals surface area contributed by atoms with Crippen LogP contribution in [0.2, 0.25) is 0 Å². The minimum atomic E-state index is -0.531. The molecule has 3 atom stereocenters. The summed E-state index contributed by atoms with van der Waals surface area (Å²) >= 11 is 0. The molecular weight excluding hydrogens is 737 g/mol. The lowest BCUT2D eigenvalue weighted by Gasteiger charge is -2.38. The first-order valence-electron chi connectivity index (χ1n) is 21.6. The lowest BCUT2D eigenvalue weighted by atomic mass is 9.67. The minimum Gasteiger partial charge on any atom is -0.376 e. The highest BCUT2D eigenvalue weighted by Crippen LogP contribution is 2.60. The zero-order valence-electron chi connectivity index (χ0n) is 33.8. The van der Waals surface area contributed by atoms with Crippen LogP contribution in [0.5, 0.6) is 0 Å². The summed E-state index contributed by atoms with van der Waals surface area (Å²) < 4.78 is 0. The number of benzene rings is 8. The number of nitrogens with one attached hydrogen (secondary N) is 2. The molecule has 0 fully saturated rings. The Morgan fingerprint density at radius 3 is 1.89 bits per heavy atom. The van der Waals surface area contributed by atoms with Crippen LogP contribution in [-0.2, 0) is 5.41 Å². The average molecular weight is 781 g/mol. The van der Waals surface area contributed by atoms with Crippen molar-refractivity contribution in [2.24, 2.45) is 0 Å². The number of fused-ring (bicyclic) bond motifs is 6. The van der Waals surface area contributed by atoms with E-state index in [1.54, 1.807) is 0 Å². The van der Waals surface area contributed by atoms with Gasteiger partial charge in [0.05, 0.1) is 17.5 Å². The smallest absolute Gasteiger partial charge is 0.0733 e. The fourth-order valence-corrected chi connectivity index (χ4v) is 10.7. The van der Waals surface area contributed by atoms with Crippen molar-refractivity contribution >= 4 is 10.8 Å². The molecule has 2 aliphatic heterocycles. The molecule has 61 heavy (non-hydrogen) atoms. The van der Waals surface area contributed by atoms with Crippen LogP contribution in [0.25, 0.3) is 44.2 Å².